The number of nitrogens with two attached hydrogens (primary N) is 1. The van der Waals surface area contributed by atoms with Gasteiger partial charge >= 0.3 is 0 Å². The van der Waals surface area contributed by atoms with Crippen LogP contribution in [0, 0.1) is 5.82 Å². The molecule has 13 heteroatoms. The van der Waals surface area contributed by atoms with Crippen LogP contribution in [0.4, 0.5) is 21.7 Å². The van der Waals surface area contributed by atoms with Crippen molar-refractivity contribution in [2.45, 2.75) is 13.5 Å². The summed E-state index contributed by atoms with van der Waals surface area (Å²) >= 11 is 0. The molecule has 0 bridgehead atoms. The van der Waals surface area contributed by atoms with Gasteiger partial charge in [0.05, 0.1) is 23.3 Å². The van der Waals surface area contributed by atoms with Crippen LogP contribution in [-0.4, -0.2) is 40.2 Å². The number of halogens is 1. The fraction of sp³-hybridized carbons (Fsp3) is 0.130. The number of ether oxygens (including phenoxy) is 1. The zero-order valence-electron chi connectivity index (χ0n) is 19.0. The minimum Gasteiger partial charge on any atom is -0.488 e. The van der Waals surface area contributed by atoms with Crippen molar-refractivity contribution < 1.29 is 22.3 Å². The highest BCUT2D eigenvalue weighted by atomic mass is 32.2. The summed E-state index contributed by atoms with van der Waals surface area (Å²) in [6, 6.07) is 10.3. The minimum absolute atomic E-state index is 0.0363. The molecule has 0 atom stereocenters. The van der Waals surface area contributed by atoms with Crippen molar-refractivity contribution in [3.8, 4) is 17.0 Å². The van der Waals surface area contributed by atoms with Crippen molar-refractivity contribution in [1.29, 1.82) is 0 Å². The number of benzene rings is 2. The standard InChI is InChI=1S/C23H22FN7O4S/c1-2-36(33,34)31-16-7-8-17(18(11-16)35-13-14-3-5-15(24)6-4-14)21-20(22(25)32)23(30-29-21)28-19-12-26-9-10-27-19/h3-12,31H,2,13H2,1H3,(H2,25,32)(H2,27,28,29,30). The molecule has 4 rings (SSSR count). The second-order valence-corrected chi connectivity index (χ2v) is 9.54. The summed E-state index contributed by atoms with van der Waals surface area (Å²) in [7, 11) is -3.56. The number of amides is 1. The highest BCUT2D eigenvalue weighted by Gasteiger charge is 2.23. The van der Waals surface area contributed by atoms with E-state index in [1.165, 1.54) is 49.8 Å². The zero-order valence-corrected chi connectivity index (χ0v) is 19.8. The Morgan fingerprint density at radius 1 is 1.17 bits per heavy atom. The van der Waals surface area contributed by atoms with Crippen LogP contribution in [0.15, 0.2) is 61.1 Å². The largest absolute Gasteiger partial charge is 0.488 e. The van der Waals surface area contributed by atoms with E-state index in [4.69, 9.17) is 10.5 Å². The first kappa shape index (κ1) is 24.6. The van der Waals surface area contributed by atoms with Gasteiger partial charge in [-0.15, -0.1) is 0 Å². The third-order valence-electron chi connectivity index (χ3n) is 5.03. The lowest BCUT2D eigenvalue weighted by Crippen LogP contribution is -2.15. The highest BCUT2D eigenvalue weighted by molar-refractivity contribution is 7.92. The number of carbonyl (C=O) groups excluding carboxylic acids is 1. The molecule has 0 aliphatic carbocycles. The van der Waals surface area contributed by atoms with Crippen molar-refractivity contribution in [3.05, 3.63) is 78.0 Å². The summed E-state index contributed by atoms with van der Waals surface area (Å²) in [6.07, 6.45) is 4.41. The maximum absolute atomic E-state index is 13.3. The van der Waals surface area contributed by atoms with E-state index in [0.717, 1.165) is 0 Å². The second kappa shape index (κ2) is 10.4. The van der Waals surface area contributed by atoms with Gasteiger partial charge in [0.2, 0.25) is 10.0 Å². The van der Waals surface area contributed by atoms with Crippen LogP contribution in [0.1, 0.15) is 22.8 Å². The van der Waals surface area contributed by atoms with E-state index in [-0.39, 0.29) is 46.7 Å². The number of hydrogen-bond donors (Lipinski definition) is 4. The zero-order chi connectivity index (χ0) is 25.7. The maximum Gasteiger partial charge on any atom is 0.254 e. The second-order valence-electron chi connectivity index (χ2n) is 7.53. The van der Waals surface area contributed by atoms with Gasteiger partial charge in [-0.1, -0.05) is 12.1 Å². The van der Waals surface area contributed by atoms with Gasteiger partial charge < -0.3 is 15.8 Å². The van der Waals surface area contributed by atoms with E-state index in [9.17, 15) is 17.6 Å². The molecule has 0 spiro atoms. The Morgan fingerprint density at radius 3 is 2.61 bits per heavy atom. The molecule has 1 amide bonds. The first-order valence-electron chi connectivity index (χ1n) is 10.7. The lowest BCUT2D eigenvalue weighted by Gasteiger charge is -2.14. The first-order valence-corrected chi connectivity index (χ1v) is 12.3. The van der Waals surface area contributed by atoms with Crippen LogP contribution >= 0.6 is 0 Å². The van der Waals surface area contributed by atoms with E-state index in [2.05, 4.69) is 30.2 Å². The fourth-order valence-electron chi connectivity index (χ4n) is 3.26. The number of aromatic nitrogens is 4. The Morgan fingerprint density at radius 2 is 1.94 bits per heavy atom. The molecular formula is C23H22FN7O4S. The first-order chi connectivity index (χ1) is 17.3. The van der Waals surface area contributed by atoms with E-state index in [0.29, 0.717) is 16.9 Å². The Balaban J connectivity index is 1.74. The summed E-state index contributed by atoms with van der Waals surface area (Å²) < 4.78 is 45.9. The number of nitrogens with zero attached hydrogens (tertiary/aromatic N) is 3. The quantitative estimate of drug-likeness (QED) is 0.252. The number of rotatable bonds is 10. The van der Waals surface area contributed by atoms with Crippen LogP contribution in [0.3, 0.4) is 0 Å². The molecule has 11 nitrogen and oxygen atoms in total. The lowest BCUT2D eigenvalue weighted by atomic mass is 10.1. The molecule has 0 fully saturated rings. The van der Waals surface area contributed by atoms with Crippen LogP contribution in [0.5, 0.6) is 5.75 Å². The number of aromatic amines is 1. The van der Waals surface area contributed by atoms with E-state index in [1.54, 1.807) is 18.2 Å². The number of nitrogens with one attached hydrogen (secondary N) is 3. The smallest absolute Gasteiger partial charge is 0.254 e. The Kier molecular flexibility index (Phi) is 7.10. The minimum atomic E-state index is -3.56. The van der Waals surface area contributed by atoms with Gasteiger partial charge in [-0.05, 0) is 36.8 Å². The van der Waals surface area contributed by atoms with Gasteiger partial charge in [0.25, 0.3) is 5.91 Å². The van der Waals surface area contributed by atoms with Crippen molar-refractivity contribution in [3.63, 3.8) is 0 Å². The molecule has 0 aliphatic rings. The van der Waals surface area contributed by atoms with Gasteiger partial charge in [-0.3, -0.25) is 19.6 Å². The molecule has 2 aromatic heterocycles. The van der Waals surface area contributed by atoms with Crippen molar-refractivity contribution >= 4 is 33.3 Å². The highest BCUT2D eigenvalue weighted by Crippen LogP contribution is 2.36. The van der Waals surface area contributed by atoms with Gasteiger partial charge in [-0.2, -0.15) is 5.10 Å². The third kappa shape index (κ3) is 5.75. The maximum atomic E-state index is 13.3. The van der Waals surface area contributed by atoms with Gasteiger partial charge in [0.15, 0.2) is 5.82 Å². The summed E-state index contributed by atoms with van der Waals surface area (Å²) in [5, 5.41) is 9.84. The van der Waals surface area contributed by atoms with Crippen LogP contribution in [0.25, 0.3) is 11.3 Å². The molecule has 0 saturated carbocycles. The van der Waals surface area contributed by atoms with Gasteiger partial charge in [0.1, 0.15) is 29.6 Å². The average molecular weight is 512 g/mol. The predicted molar refractivity (Wildman–Crippen MR) is 132 cm³/mol. The van der Waals surface area contributed by atoms with E-state index < -0.39 is 15.9 Å². The summed E-state index contributed by atoms with van der Waals surface area (Å²) in [5.74, 6) is -0.585. The summed E-state index contributed by atoms with van der Waals surface area (Å²) in [6.45, 7) is 1.56. The van der Waals surface area contributed by atoms with E-state index in [1.807, 2.05) is 0 Å². The molecule has 2 heterocycles. The van der Waals surface area contributed by atoms with Crippen LogP contribution in [0.2, 0.25) is 0 Å². The molecule has 0 aliphatic heterocycles. The number of anilines is 3. The van der Waals surface area contributed by atoms with Crippen molar-refractivity contribution in [2.75, 3.05) is 15.8 Å². The predicted octanol–water partition coefficient (Wildman–Crippen LogP) is 3.19. The summed E-state index contributed by atoms with van der Waals surface area (Å²) in [4.78, 5) is 20.5. The summed E-state index contributed by atoms with van der Waals surface area (Å²) in [5.41, 5.74) is 7.27. The Labute approximate surface area is 206 Å². The van der Waals surface area contributed by atoms with Crippen LogP contribution < -0.4 is 20.5 Å². The molecular weight excluding hydrogens is 489 g/mol. The molecule has 0 unspecified atom stereocenters. The molecule has 0 radical (unpaired) electrons. The van der Waals surface area contributed by atoms with Crippen molar-refractivity contribution in [1.82, 2.24) is 20.2 Å². The SMILES string of the molecule is CCS(=O)(=O)Nc1ccc(-c2[nH]nc(Nc3cnccn3)c2C(N)=O)c(OCc2ccc(F)cc2)c1. The van der Waals surface area contributed by atoms with E-state index >= 15 is 0 Å². The molecule has 36 heavy (non-hydrogen) atoms. The number of H-pyrrole nitrogens is 1. The van der Waals surface area contributed by atoms with Gasteiger partial charge in [0, 0.05) is 24.0 Å². The normalized spacial score (nSPS) is 11.2. The topological polar surface area (TPSA) is 165 Å². The fourth-order valence-corrected chi connectivity index (χ4v) is 3.89. The van der Waals surface area contributed by atoms with Crippen LogP contribution in [-0.2, 0) is 16.6 Å². The third-order valence-corrected chi connectivity index (χ3v) is 6.34. The Hall–Kier alpha value is -4.52. The molecule has 186 valence electrons. The number of sulfonamides is 1. The average Bonchev–Trinajstić information content (AvgIpc) is 3.27. The Bertz CT molecular complexity index is 1480. The lowest BCUT2D eigenvalue weighted by molar-refractivity contribution is 0.100. The van der Waals surface area contributed by atoms with Crippen molar-refractivity contribution in [2.24, 2.45) is 5.73 Å². The molecule has 2 aromatic carbocycles. The molecule has 5 N–H and O–H groups in total. The number of hydrogen-bond acceptors (Lipinski definition) is 8. The molecule has 0 saturated heterocycles. The number of carbonyl (C=O) groups is 1. The molecule has 4 aromatic rings. The monoisotopic (exact) mass is 511 g/mol. The number of primary amides is 1. The van der Waals surface area contributed by atoms with Gasteiger partial charge in [-0.25, -0.2) is 17.8 Å².